The van der Waals surface area contributed by atoms with Gasteiger partial charge in [-0.3, -0.25) is 9.10 Å². The van der Waals surface area contributed by atoms with Crippen LogP contribution < -0.4 is 14.4 Å². The Bertz CT molecular complexity index is 1010. The van der Waals surface area contributed by atoms with Gasteiger partial charge in [0.05, 0.1) is 12.3 Å². The Morgan fingerprint density at radius 1 is 1.18 bits per heavy atom. The highest BCUT2D eigenvalue weighted by Crippen LogP contribution is 2.59. The number of hydrogen-bond acceptors (Lipinski definition) is 4. The summed E-state index contributed by atoms with van der Waals surface area (Å²) in [7, 11) is -3.79. The molecule has 2 aromatic carbocycles. The van der Waals surface area contributed by atoms with Crippen LogP contribution >= 0.6 is 0 Å². The van der Waals surface area contributed by atoms with Gasteiger partial charge < -0.3 is 10.1 Å². The molecule has 2 fully saturated rings. The van der Waals surface area contributed by atoms with E-state index in [-0.39, 0.29) is 5.92 Å². The SMILES string of the molecule is CCOc1ccc(NC(=O)[C@@]23C[C@@H]2CN(c2c(C)cccc2C)S3(=O)=O)cc1. The van der Waals surface area contributed by atoms with E-state index in [1.54, 1.807) is 24.3 Å². The van der Waals surface area contributed by atoms with Gasteiger partial charge in [0.1, 0.15) is 5.75 Å². The molecule has 0 spiro atoms. The molecule has 4 rings (SSSR count). The fraction of sp³-hybridized carbons (Fsp3) is 0.381. The van der Waals surface area contributed by atoms with E-state index >= 15 is 0 Å². The van der Waals surface area contributed by atoms with Crippen molar-refractivity contribution in [2.75, 3.05) is 22.8 Å². The van der Waals surface area contributed by atoms with Crippen LogP contribution in [0.2, 0.25) is 0 Å². The molecule has 1 amide bonds. The lowest BCUT2D eigenvalue weighted by Gasteiger charge is -2.26. The maximum absolute atomic E-state index is 13.4. The number of ether oxygens (including phenoxy) is 1. The summed E-state index contributed by atoms with van der Waals surface area (Å²) < 4.78 is 32.2. The molecule has 1 saturated heterocycles. The Hall–Kier alpha value is -2.54. The number of para-hydroxylation sites is 1. The molecular formula is C21H24N2O4S. The van der Waals surface area contributed by atoms with Crippen molar-refractivity contribution in [3.63, 3.8) is 0 Å². The average molecular weight is 401 g/mol. The predicted octanol–water partition coefficient (Wildman–Crippen LogP) is 3.25. The van der Waals surface area contributed by atoms with Crippen LogP contribution in [0.4, 0.5) is 11.4 Å². The molecule has 1 saturated carbocycles. The van der Waals surface area contributed by atoms with E-state index in [1.807, 2.05) is 39.0 Å². The molecule has 2 aromatic rings. The van der Waals surface area contributed by atoms with Crippen molar-refractivity contribution in [3.8, 4) is 5.75 Å². The second-order valence-electron chi connectivity index (χ2n) is 7.48. The minimum atomic E-state index is -3.79. The third-order valence-corrected chi connectivity index (χ3v) is 8.20. The van der Waals surface area contributed by atoms with Crippen LogP contribution in [0.25, 0.3) is 0 Å². The monoisotopic (exact) mass is 400 g/mol. The maximum Gasteiger partial charge on any atom is 0.250 e. The lowest BCUT2D eigenvalue weighted by molar-refractivity contribution is -0.116. The van der Waals surface area contributed by atoms with Gasteiger partial charge in [0.15, 0.2) is 4.75 Å². The third-order valence-electron chi connectivity index (χ3n) is 5.68. The van der Waals surface area contributed by atoms with Gasteiger partial charge in [-0.15, -0.1) is 0 Å². The summed E-state index contributed by atoms with van der Waals surface area (Å²) in [5.41, 5.74) is 3.05. The number of carbonyl (C=O) groups is 1. The molecule has 28 heavy (non-hydrogen) atoms. The Labute approximate surface area is 165 Å². The first kappa shape index (κ1) is 18.8. The van der Waals surface area contributed by atoms with Crippen LogP contribution in [-0.4, -0.2) is 32.2 Å². The quantitative estimate of drug-likeness (QED) is 0.836. The zero-order valence-corrected chi connectivity index (χ0v) is 17.0. The van der Waals surface area contributed by atoms with Crippen molar-refractivity contribution < 1.29 is 17.9 Å². The molecule has 1 heterocycles. The van der Waals surface area contributed by atoms with E-state index in [1.165, 1.54) is 4.31 Å². The smallest absolute Gasteiger partial charge is 0.250 e. The average Bonchev–Trinajstić information content (AvgIpc) is 3.34. The lowest BCUT2D eigenvalue weighted by atomic mass is 10.1. The number of aryl methyl sites for hydroxylation is 2. The van der Waals surface area contributed by atoms with Crippen LogP contribution in [0.3, 0.4) is 0 Å². The molecule has 0 radical (unpaired) electrons. The van der Waals surface area contributed by atoms with Crippen LogP contribution in [0.15, 0.2) is 42.5 Å². The number of nitrogens with zero attached hydrogens (tertiary/aromatic N) is 1. The van der Waals surface area contributed by atoms with Gasteiger partial charge in [-0.2, -0.15) is 0 Å². The second-order valence-corrected chi connectivity index (χ2v) is 9.60. The molecule has 6 nitrogen and oxygen atoms in total. The first-order valence-corrected chi connectivity index (χ1v) is 10.9. The Morgan fingerprint density at radius 3 is 2.43 bits per heavy atom. The highest BCUT2D eigenvalue weighted by atomic mass is 32.2. The van der Waals surface area contributed by atoms with Gasteiger partial charge in [0.2, 0.25) is 15.9 Å². The van der Waals surface area contributed by atoms with Gasteiger partial charge in [-0.05, 0) is 62.6 Å². The van der Waals surface area contributed by atoms with E-state index in [0.29, 0.717) is 36.7 Å². The number of hydrogen-bond donors (Lipinski definition) is 1. The second kappa shape index (κ2) is 6.51. The van der Waals surface area contributed by atoms with E-state index < -0.39 is 20.7 Å². The zero-order valence-electron chi connectivity index (χ0n) is 16.2. The maximum atomic E-state index is 13.4. The summed E-state index contributed by atoms with van der Waals surface area (Å²) in [5.74, 6) is 0.0762. The van der Waals surface area contributed by atoms with Crippen molar-refractivity contribution in [3.05, 3.63) is 53.6 Å². The van der Waals surface area contributed by atoms with Crippen molar-refractivity contribution in [1.29, 1.82) is 0 Å². The van der Waals surface area contributed by atoms with Crippen molar-refractivity contribution in [1.82, 2.24) is 0 Å². The van der Waals surface area contributed by atoms with Crippen molar-refractivity contribution in [2.45, 2.75) is 31.9 Å². The summed E-state index contributed by atoms with van der Waals surface area (Å²) >= 11 is 0. The summed E-state index contributed by atoms with van der Waals surface area (Å²) in [6, 6.07) is 12.7. The molecule has 148 valence electrons. The molecule has 2 aliphatic rings. The van der Waals surface area contributed by atoms with Crippen molar-refractivity contribution >= 4 is 27.3 Å². The number of anilines is 2. The van der Waals surface area contributed by atoms with Crippen molar-refractivity contribution in [2.24, 2.45) is 5.92 Å². The van der Waals surface area contributed by atoms with E-state index in [4.69, 9.17) is 4.74 Å². The van der Waals surface area contributed by atoms with E-state index in [0.717, 1.165) is 11.1 Å². The molecule has 0 aromatic heterocycles. The normalized spacial score (nSPS) is 24.5. The number of benzene rings is 2. The first-order valence-electron chi connectivity index (χ1n) is 9.44. The van der Waals surface area contributed by atoms with E-state index in [9.17, 15) is 13.2 Å². The number of nitrogens with one attached hydrogen (secondary N) is 1. The molecule has 1 aliphatic heterocycles. The minimum absolute atomic E-state index is 0.181. The van der Waals surface area contributed by atoms with Gasteiger partial charge in [0, 0.05) is 18.2 Å². The van der Waals surface area contributed by atoms with Crippen LogP contribution in [0, 0.1) is 19.8 Å². The summed E-state index contributed by atoms with van der Waals surface area (Å²) in [6.07, 6.45) is 0.375. The number of fused-ring (bicyclic) bond motifs is 1. The molecule has 0 bridgehead atoms. The Kier molecular flexibility index (Phi) is 4.38. The Balaban J connectivity index is 1.60. The summed E-state index contributed by atoms with van der Waals surface area (Å²) in [5, 5.41) is 2.79. The zero-order chi connectivity index (χ0) is 20.1. The van der Waals surface area contributed by atoms with Crippen LogP contribution in [-0.2, 0) is 14.8 Å². The van der Waals surface area contributed by atoms with Gasteiger partial charge >= 0.3 is 0 Å². The number of sulfonamides is 1. The predicted molar refractivity (Wildman–Crippen MR) is 109 cm³/mol. The first-order chi connectivity index (χ1) is 13.3. The standard InChI is InChI=1S/C21H24N2O4S/c1-4-27-18-10-8-17(9-11-18)22-20(24)21-12-16(21)13-23(28(21,25)26)19-14(2)6-5-7-15(19)3/h5-11,16H,4,12-13H2,1-3H3,(H,22,24)/t16-,21-/m1/s1. The molecule has 0 unspecified atom stereocenters. The van der Waals surface area contributed by atoms with Gasteiger partial charge in [-0.1, -0.05) is 18.2 Å². The fourth-order valence-corrected chi connectivity index (χ4v) is 6.66. The van der Waals surface area contributed by atoms with E-state index in [2.05, 4.69) is 5.32 Å². The Morgan fingerprint density at radius 2 is 1.82 bits per heavy atom. The molecule has 1 aliphatic carbocycles. The molecule has 7 heteroatoms. The van der Waals surface area contributed by atoms with Crippen LogP contribution in [0.1, 0.15) is 24.5 Å². The minimum Gasteiger partial charge on any atom is -0.494 e. The third kappa shape index (κ3) is 2.68. The highest BCUT2D eigenvalue weighted by Gasteiger charge is 2.75. The summed E-state index contributed by atoms with van der Waals surface area (Å²) in [6.45, 7) is 6.60. The number of rotatable bonds is 5. The molecule has 1 N–H and O–H groups in total. The van der Waals surface area contributed by atoms with Crippen LogP contribution in [0.5, 0.6) is 5.75 Å². The lowest BCUT2D eigenvalue weighted by Crippen LogP contribution is -2.42. The number of carbonyl (C=O) groups excluding carboxylic acids is 1. The molecular weight excluding hydrogens is 376 g/mol. The summed E-state index contributed by atoms with van der Waals surface area (Å²) in [4.78, 5) is 13.0. The molecule has 2 atom stereocenters. The fourth-order valence-electron chi connectivity index (χ4n) is 4.17. The van der Waals surface area contributed by atoms with Gasteiger partial charge in [-0.25, -0.2) is 8.42 Å². The van der Waals surface area contributed by atoms with Gasteiger partial charge in [0.25, 0.3) is 0 Å². The largest absolute Gasteiger partial charge is 0.494 e. The topological polar surface area (TPSA) is 75.7 Å². The number of amides is 1. The highest BCUT2D eigenvalue weighted by molar-refractivity contribution is 7.95.